The molecule has 11 nitrogen and oxygen atoms in total. The first kappa shape index (κ1) is 33.3. The number of hydrogen-bond donors (Lipinski definition) is 3. The van der Waals surface area contributed by atoms with Gasteiger partial charge in [-0.2, -0.15) is 0 Å². The Hall–Kier alpha value is -3.18. The van der Waals surface area contributed by atoms with Gasteiger partial charge in [0, 0.05) is 24.6 Å². The molecule has 1 aliphatic carbocycles. The number of fused-ring (bicyclic) bond motifs is 2. The molecule has 3 fully saturated rings. The number of hydrogen-bond acceptors (Lipinski definition) is 7. The zero-order chi connectivity index (χ0) is 30.1. The first-order chi connectivity index (χ1) is 19.3. The number of amides is 4. The van der Waals surface area contributed by atoms with Crippen LogP contribution in [0.4, 0.5) is 5.69 Å². The quantitative estimate of drug-likeness (QED) is 0.364. The predicted molar refractivity (Wildman–Crippen MR) is 158 cm³/mol. The smallest absolute Gasteiger partial charge is 0.310 e. The highest BCUT2D eigenvalue weighted by molar-refractivity contribution is 6.34. The number of carbonyl (C=O) groups excluding carboxylic acids is 5. The first-order valence-corrected chi connectivity index (χ1v) is 14.6. The average molecular weight is 607 g/mol. The van der Waals surface area contributed by atoms with Crippen LogP contribution in [0.1, 0.15) is 84.5 Å². The van der Waals surface area contributed by atoms with Gasteiger partial charge in [0.05, 0.1) is 17.1 Å². The Balaban J connectivity index is 0.00000484. The van der Waals surface area contributed by atoms with E-state index in [1.54, 1.807) is 24.8 Å². The molecule has 12 heteroatoms. The molecule has 3 aliphatic rings. The second kappa shape index (κ2) is 13.4. The molecule has 0 radical (unpaired) electrons. The molecule has 232 valence electrons. The van der Waals surface area contributed by atoms with Gasteiger partial charge in [-0.3, -0.25) is 24.0 Å². The van der Waals surface area contributed by atoms with Crippen LogP contribution in [0.3, 0.4) is 0 Å². The van der Waals surface area contributed by atoms with E-state index in [-0.39, 0.29) is 60.5 Å². The van der Waals surface area contributed by atoms with Crippen LogP contribution < -0.4 is 16.0 Å². The van der Waals surface area contributed by atoms with Crippen LogP contribution >= 0.6 is 11.6 Å². The number of anilines is 1. The number of nitrogens with zero attached hydrogens (tertiary/aromatic N) is 1. The fourth-order valence-corrected chi connectivity index (χ4v) is 6.12. The highest BCUT2D eigenvalue weighted by atomic mass is 35.5. The van der Waals surface area contributed by atoms with Gasteiger partial charge >= 0.3 is 5.97 Å². The van der Waals surface area contributed by atoms with E-state index in [9.17, 15) is 24.0 Å². The molecule has 2 aliphatic heterocycles. The normalized spacial score (nSPS) is 25.3. The number of halogens is 1. The minimum Gasteiger partial charge on any atom is -0.433 e. The van der Waals surface area contributed by atoms with E-state index in [1.807, 2.05) is 20.8 Å². The van der Waals surface area contributed by atoms with Crippen LogP contribution in [-0.2, 0) is 28.7 Å². The third-order valence-electron chi connectivity index (χ3n) is 7.94. The Morgan fingerprint density at radius 1 is 1.17 bits per heavy atom. The van der Waals surface area contributed by atoms with E-state index < -0.39 is 41.7 Å². The number of esters is 1. The maximum atomic E-state index is 14.1. The van der Waals surface area contributed by atoms with Gasteiger partial charge in [0.1, 0.15) is 18.1 Å². The van der Waals surface area contributed by atoms with Gasteiger partial charge in [0.2, 0.25) is 24.0 Å². The number of likely N-dealkylation sites (tertiary alicyclic amines) is 1. The number of carbonyl (C=O) groups is 5. The van der Waals surface area contributed by atoms with Crippen LogP contribution in [0.15, 0.2) is 18.2 Å². The van der Waals surface area contributed by atoms with Crippen LogP contribution in [-0.4, -0.2) is 71.6 Å². The molecule has 0 aromatic heterocycles. The molecule has 42 heavy (non-hydrogen) atoms. The van der Waals surface area contributed by atoms with E-state index in [2.05, 4.69) is 16.0 Å². The summed E-state index contributed by atoms with van der Waals surface area (Å²) in [6.07, 6.45) is 1.70. The number of nitrogens with one attached hydrogen (secondary N) is 3. The molecule has 1 unspecified atom stereocenters. The SMILES string of the molecule is C.CCO[C@@H]1OC(=O)C[C@@H]1NC(=O)[C@@H]1[C@H]2CCC(C2)N1C(=O)[C@@H](NC(=O)c1ccc(NC(=O)CC)c(Cl)c1)C(C)(C)C. The summed E-state index contributed by atoms with van der Waals surface area (Å²) in [5.74, 6) is -1.87. The largest absolute Gasteiger partial charge is 0.433 e. The highest BCUT2D eigenvalue weighted by Crippen LogP contribution is 2.44. The van der Waals surface area contributed by atoms with E-state index in [1.165, 1.54) is 12.1 Å². The van der Waals surface area contributed by atoms with Crippen molar-refractivity contribution in [2.24, 2.45) is 11.3 Å². The molecule has 1 saturated carbocycles. The Morgan fingerprint density at radius 2 is 1.88 bits per heavy atom. The molecule has 6 atom stereocenters. The van der Waals surface area contributed by atoms with Crippen molar-refractivity contribution in [3.05, 3.63) is 28.8 Å². The molecule has 2 bridgehead atoms. The summed E-state index contributed by atoms with van der Waals surface area (Å²) in [5.41, 5.74) is -0.0572. The number of benzene rings is 1. The van der Waals surface area contributed by atoms with Gasteiger partial charge in [-0.25, -0.2) is 0 Å². The summed E-state index contributed by atoms with van der Waals surface area (Å²) in [6.45, 7) is 9.36. The lowest BCUT2D eigenvalue weighted by Gasteiger charge is -2.40. The molecule has 3 N–H and O–H groups in total. The van der Waals surface area contributed by atoms with E-state index in [0.717, 1.165) is 12.8 Å². The number of cyclic esters (lactones) is 1. The number of rotatable bonds is 9. The van der Waals surface area contributed by atoms with Gasteiger partial charge in [-0.1, -0.05) is 46.7 Å². The monoisotopic (exact) mass is 606 g/mol. The zero-order valence-corrected chi connectivity index (χ0v) is 24.9. The fraction of sp³-hybridized carbons (Fsp3) is 0.633. The predicted octanol–water partition coefficient (Wildman–Crippen LogP) is 3.64. The molecule has 2 heterocycles. The van der Waals surface area contributed by atoms with Gasteiger partial charge in [0.15, 0.2) is 0 Å². The van der Waals surface area contributed by atoms with Crippen molar-refractivity contribution in [3.63, 3.8) is 0 Å². The molecule has 4 rings (SSSR count). The summed E-state index contributed by atoms with van der Waals surface area (Å²) >= 11 is 6.32. The van der Waals surface area contributed by atoms with Crippen molar-refractivity contribution in [2.75, 3.05) is 11.9 Å². The van der Waals surface area contributed by atoms with E-state index in [4.69, 9.17) is 21.1 Å². The maximum Gasteiger partial charge on any atom is 0.310 e. The Bertz CT molecular complexity index is 1220. The Kier molecular flexibility index (Phi) is 10.6. The number of ether oxygens (including phenoxy) is 2. The van der Waals surface area contributed by atoms with Gasteiger partial charge < -0.3 is 30.3 Å². The fourth-order valence-electron chi connectivity index (χ4n) is 5.89. The minimum atomic E-state index is -0.935. The maximum absolute atomic E-state index is 14.1. The molecular weight excluding hydrogens is 564 g/mol. The molecular formula is C30H43ClN4O7. The summed E-state index contributed by atoms with van der Waals surface area (Å²) in [6, 6.07) is 2.10. The van der Waals surface area contributed by atoms with Crippen molar-refractivity contribution in [1.82, 2.24) is 15.5 Å². The summed E-state index contributed by atoms with van der Waals surface area (Å²) in [7, 11) is 0. The third kappa shape index (κ3) is 7.06. The lowest BCUT2D eigenvalue weighted by atomic mass is 9.84. The minimum absolute atomic E-state index is 0. The van der Waals surface area contributed by atoms with Gasteiger partial charge in [-0.15, -0.1) is 0 Å². The van der Waals surface area contributed by atoms with Crippen LogP contribution in [0, 0.1) is 11.3 Å². The molecule has 0 spiro atoms. The van der Waals surface area contributed by atoms with E-state index >= 15 is 0 Å². The number of piperidine rings is 1. The second-order valence-electron chi connectivity index (χ2n) is 11.9. The lowest BCUT2D eigenvalue weighted by molar-refractivity contribution is -0.165. The van der Waals surface area contributed by atoms with Gasteiger partial charge in [-0.05, 0) is 55.7 Å². The molecule has 1 aromatic carbocycles. The average Bonchev–Trinajstić information content (AvgIpc) is 3.62. The van der Waals surface area contributed by atoms with Gasteiger partial charge in [0.25, 0.3) is 5.91 Å². The van der Waals surface area contributed by atoms with Crippen molar-refractivity contribution < 1.29 is 33.4 Å². The van der Waals surface area contributed by atoms with Crippen molar-refractivity contribution in [2.45, 2.75) is 105 Å². The van der Waals surface area contributed by atoms with Crippen molar-refractivity contribution in [3.8, 4) is 0 Å². The summed E-state index contributed by atoms with van der Waals surface area (Å²) in [5, 5.41) is 8.65. The Labute approximate surface area is 252 Å². The van der Waals surface area contributed by atoms with Crippen LogP contribution in [0.2, 0.25) is 5.02 Å². The van der Waals surface area contributed by atoms with Crippen LogP contribution in [0.5, 0.6) is 0 Å². The molecule has 2 saturated heterocycles. The van der Waals surface area contributed by atoms with E-state index in [0.29, 0.717) is 18.7 Å². The highest BCUT2D eigenvalue weighted by Gasteiger charge is 2.54. The topological polar surface area (TPSA) is 143 Å². The second-order valence-corrected chi connectivity index (χ2v) is 12.3. The van der Waals surface area contributed by atoms with Crippen LogP contribution in [0.25, 0.3) is 0 Å². The lowest BCUT2D eigenvalue weighted by Crippen LogP contribution is -2.62. The van der Waals surface area contributed by atoms with Crippen molar-refractivity contribution in [1.29, 1.82) is 0 Å². The molecule has 4 amide bonds. The third-order valence-corrected chi connectivity index (χ3v) is 8.26. The first-order valence-electron chi connectivity index (χ1n) is 14.2. The summed E-state index contributed by atoms with van der Waals surface area (Å²) < 4.78 is 10.7. The Morgan fingerprint density at radius 3 is 2.50 bits per heavy atom. The summed E-state index contributed by atoms with van der Waals surface area (Å²) in [4.78, 5) is 66.3. The molecule has 1 aromatic rings. The van der Waals surface area contributed by atoms with Crippen molar-refractivity contribution >= 4 is 46.9 Å². The standard InChI is InChI=1S/C29H39ClN4O7.CH4/c1-6-21(35)31-19-11-9-16(13-18(19)30)25(37)33-24(29(3,4)5)27(39)34-17-10-8-15(12-17)23(34)26(38)32-20-14-22(36)41-28(20)40-7-2;/h9,11,13,15,17,20,23-24,28H,6-8,10,12,14H2,1-5H3,(H,31,35)(H,32,38)(H,33,37);1H4/t15-,17?,20-,23-,24+,28+;/m0./s1. The zero-order valence-electron chi connectivity index (χ0n) is 24.1.